The highest BCUT2D eigenvalue weighted by Gasteiger charge is 2.06. The van der Waals surface area contributed by atoms with Crippen LogP contribution in [0.2, 0.25) is 5.02 Å². The Morgan fingerprint density at radius 3 is 2.76 bits per heavy atom. The van der Waals surface area contributed by atoms with Crippen LogP contribution in [-0.4, -0.2) is 15.0 Å². The molecule has 0 aliphatic heterocycles. The van der Waals surface area contributed by atoms with Gasteiger partial charge in [-0.3, -0.25) is 9.36 Å². The molecule has 0 aliphatic rings. The summed E-state index contributed by atoms with van der Waals surface area (Å²) in [5.74, 6) is -0.145. The maximum absolute atomic E-state index is 11.8. The highest BCUT2D eigenvalue weighted by molar-refractivity contribution is 6.31. The second kappa shape index (κ2) is 6.49. The second-order valence-corrected chi connectivity index (χ2v) is 5.20. The normalized spacial score (nSPS) is 10.6. The van der Waals surface area contributed by atoms with Gasteiger partial charge in [0, 0.05) is 37.4 Å². The smallest absolute Gasteiger partial charge is 0.327 e. The fraction of sp³-hybridized carbons (Fsp3) is 0.286. The van der Waals surface area contributed by atoms with Gasteiger partial charge in [0.05, 0.1) is 11.4 Å². The first-order valence-electron chi connectivity index (χ1n) is 6.54. The molecule has 1 aromatic carbocycles. The zero-order chi connectivity index (χ0) is 15.4. The van der Waals surface area contributed by atoms with Crippen LogP contribution in [0.25, 0.3) is 0 Å². The van der Waals surface area contributed by atoms with Crippen LogP contribution in [0.15, 0.2) is 35.4 Å². The lowest BCUT2D eigenvalue weighted by atomic mass is 10.2. The van der Waals surface area contributed by atoms with Gasteiger partial charge < -0.3 is 15.6 Å². The molecule has 0 atom stereocenters. The average molecular weight is 309 g/mol. The lowest BCUT2D eigenvalue weighted by Gasteiger charge is -2.08. The Morgan fingerprint density at radius 2 is 2.14 bits per heavy atom. The third kappa shape index (κ3) is 3.88. The van der Waals surface area contributed by atoms with Crippen LogP contribution in [0, 0.1) is 0 Å². The summed E-state index contributed by atoms with van der Waals surface area (Å²) >= 11 is 5.79. The predicted molar refractivity (Wildman–Crippen MR) is 83.4 cm³/mol. The van der Waals surface area contributed by atoms with Crippen LogP contribution in [0.3, 0.4) is 0 Å². The molecule has 0 fully saturated rings. The third-order valence-corrected chi connectivity index (χ3v) is 3.34. The van der Waals surface area contributed by atoms with Gasteiger partial charge in [0.1, 0.15) is 0 Å². The predicted octanol–water partition coefficient (Wildman–Crippen LogP) is 1.84. The van der Waals surface area contributed by atoms with Gasteiger partial charge in [-0.1, -0.05) is 11.6 Å². The quantitative estimate of drug-likeness (QED) is 0.827. The molecule has 2 rings (SSSR count). The average Bonchev–Trinajstić information content (AvgIpc) is 2.74. The number of nitrogens with zero attached hydrogens (tertiary/aromatic N) is 2. The number of hydrogen-bond donors (Lipinski definition) is 2. The van der Waals surface area contributed by atoms with E-state index >= 15 is 0 Å². The molecule has 0 bridgehead atoms. The number of amides is 1. The number of aromatic nitrogens is 2. The van der Waals surface area contributed by atoms with Gasteiger partial charge in [-0.25, -0.2) is 4.79 Å². The molecule has 21 heavy (non-hydrogen) atoms. The van der Waals surface area contributed by atoms with Crippen molar-refractivity contribution in [3.63, 3.8) is 0 Å². The molecule has 2 aromatic rings. The summed E-state index contributed by atoms with van der Waals surface area (Å²) in [6.45, 7) is 0.503. The van der Waals surface area contributed by atoms with Crippen molar-refractivity contribution in [2.24, 2.45) is 7.05 Å². The van der Waals surface area contributed by atoms with E-state index in [9.17, 15) is 9.59 Å². The van der Waals surface area contributed by atoms with Gasteiger partial charge >= 0.3 is 5.69 Å². The Balaban J connectivity index is 1.85. The topological polar surface area (TPSA) is 82.1 Å². The van der Waals surface area contributed by atoms with Crippen molar-refractivity contribution in [3.05, 3.63) is 46.1 Å². The number of carbonyl (C=O) groups excluding carboxylic acids is 1. The number of aryl methyl sites for hydroxylation is 2. The largest absolute Gasteiger partial charge is 0.397 e. The number of nitrogens with one attached hydrogen (secondary N) is 1. The van der Waals surface area contributed by atoms with E-state index in [1.165, 1.54) is 4.57 Å². The van der Waals surface area contributed by atoms with E-state index in [2.05, 4.69) is 5.32 Å². The van der Waals surface area contributed by atoms with E-state index in [4.69, 9.17) is 17.3 Å². The SMILES string of the molecule is Cn1ccn(CCCC(=O)Nc2ccc(Cl)cc2N)c1=O. The number of benzene rings is 1. The van der Waals surface area contributed by atoms with Crippen molar-refractivity contribution in [3.8, 4) is 0 Å². The fourth-order valence-corrected chi connectivity index (χ4v) is 2.13. The fourth-order valence-electron chi connectivity index (χ4n) is 1.95. The van der Waals surface area contributed by atoms with Gasteiger partial charge in [0.2, 0.25) is 5.91 Å². The summed E-state index contributed by atoms with van der Waals surface area (Å²) in [4.78, 5) is 23.4. The molecule has 0 saturated heterocycles. The van der Waals surface area contributed by atoms with Crippen molar-refractivity contribution in [1.82, 2.24) is 9.13 Å². The van der Waals surface area contributed by atoms with Crippen molar-refractivity contribution in [2.45, 2.75) is 19.4 Å². The highest BCUT2D eigenvalue weighted by Crippen LogP contribution is 2.22. The van der Waals surface area contributed by atoms with E-state index in [0.29, 0.717) is 35.8 Å². The summed E-state index contributed by atoms with van der Waals surface area (Å²) < 4.78 is 3.07. The number of nitrogen functional groups attached to an aromatic ring is 1. The van der Waals surface area contributed by atoms with Gasteiger partial charge in [0.25, 0.3) is 0 Å². The number of halogens is 1. The second-order valence-electron chi connectivity index (χ2n) is 4.77. The zero-order valence-corrected chi connectivity index (χ0v) is 12.4. The molecular weight excluding hydrogens is 292 g/mol. The molecule has 1 amide bonds. The minimum atomic E-state index is -0.145. The van der Waals surface area contributed by atoms with Gasteiger partial charge in [0.15, 0.2) is 0 Å². The van der Waals surface area contributed by atoms with Gasteiger partial charge in [-0.2, -0.15) is 0 Å². The first-order chi connectivity index (χ1) is 9.97. The molecule has 7 heteroatoms. The summed E-state index contributed by atoms with van der Waals surface area (Å²) in [6, 6.07) is 4.91. The van der Waals surface area contributed by atoms with E-state index in [1.807, 2.05) is 0 Å². The number of carbonyl (C=O) groups is 1. The molecule has 0 aliphatic carbocycles. The Morgan fingerprint density at radius 1 is 1.38 bits per heavy atom. The van der Waals surface area contributed by atoms with Crippen LogP contribution in [0.1, 0.15) is 12.8 Å². The first-order valence-corrected chi connectivity index (χ1v) is 6.92. The summed E-state index contributed by atoms with van der Waals surface area (Å²) in [5.41, 5.74) is 6.65. The molecule has 0 radical (unpaired) electrons. The molecule has 1 aromatic heterocycles. The van der Waals surface area contributed by atoms with Crippen LogP contribution in [0.5, 0.6) is 0 Å². The van der Waals surface area contributed by atoms with Crippen LogP contribution >= 0.6 is 11.6 Å². The number of imidazole rings is 1. The van der Waals surface area contributed by atoms with Crippen molar-refractivity contribution in [2.75, 3.05) is 11.1 Å². The van der Waals surface area contributed by atoms with Crippen molar-refractivity contribution in [1.29, 1.82) is 0 Å². The molecule has 0 spiro atoms. The monoisotopic (exact) mass is 308 g/mol. The van der Waals surface area contributed by atoms with E-state index < -0.39 is 0 Å². The Hall–Kier alpha value is -2.21. The standard InChI is InChI=1S/C14H17ClN4O2/c1-18-7-8-19(14(18)21)6-2-3-13(20)17-12-5-4-10(15)9-11(12)16/h4-5,7-9H,2-3,6,16H2,1H3,(H,17,20). The first kappa shape index (κ1) is 15.2. The number of nitrogens with two attached hydrogens (primary N) is 1. The van der Waals surface area contributed by atoms with Crippen LogP contribution in [-0.2, 0) is 18.4 Å². The lowest BCUT2D eigenvalue weighted by molar-refractivity contribution is -0.116. The lowest BCUT2D eigenvalue weighted by Crippen LogP contribution is -2.22. The molecule has 6 nitrogen and oxygen atoms in total. The number of rotatable bonds is 5. The minimum Gasteiger partial charge on any atom is -0.397 e. The van der Waals surface area contributed by atoms with Gasteiger partial charge in [-0.05, 0) is 24.6 Å². The number of anilines is 2. The Kier molecular flexibility index (Phi) is 4.70. The van der Waals surface area contributed by atoms with E-state index in [0.717, 1.165) is 0 Å². The molecule has 1 heterocycles. The summed E-state index contributed by atoms with van der Waals surface area (Å²) in [7, 11) is 1.69. The molecule has 112 valence electrons. The van der Waals surface area contributed by atoms with Crippen molar-refractivity contribution < 1.29 is 4.79 Å². The molecular formula is C14H17ClN4O2. The van der Waals surface area contributed by atoms with Gasteiger partial charge in [-0.15, -0.1) is 0 Å². The van der Waals surface area contributed by atoms with Crippen LogP contribution < -0.4 is 16.7 Å². The maximum Gasteiger partial charge on any atom is 0.327 e. The van der Waals surface area contributed by atoms with E-state index in [1.54, 1.807) is 42.2 Å². The third-order valence-electron chi connectivity index (χ3n) is 3.11. The highest BCUT2D eigenvalue weighted by atomic mass is 35.5. The van der Waals surface area contributed by atoms with E-state index in [-0.39, 0.29) is 11.6 Å². The number of hydrogen-bond acceptors (Lipinski definition) is 3. The van der Waals surface area contributed by atoms with Crippen LogP contribution in [0.4, 0.5) is 11.4 Å². The minimum absolute atomic E-state index is 0.0858. The molecule has 0 saturated carbocycles. The maximum atomic E-state index is 11.8. The van der Waals surface area contributed by atoms with Crippen molar-refractivity contribution >= 4 is 28.9 Å². The Bertz CT molecular complexity index is 705. The summed E-state index contributed by atoms with van der Waals surface area (Å²) in [6.07, 6.45) is 4.28. The Labute approximate surface area is 127 Å². The zero-order valence-electron chi connectivity index (χ0n) is 11.7. The summed E-state index contributed by atoms with van der Waals surface area (Å²) in [5, 5.41) is 3.25. The molecule has 0 unspecified atom stereocenters. The molecule has 3 N–H and O–H groups in total.